The normalized spacial score (nSPS) is 16.7. The topological polar surface area (TPSA) is 89.0 Å². The van der Waals surface area contributed by atoms with Crippen LogP contribution in [0.5, 0.6) is 11.5 Å². The van der Waals surface area contributed by atoms with Crippen molar-refractivity contribution in [2.45, 2.75) is 45.7 Å². The van der Waals surface area contributed by atoms with E-state index in [2.05, 4.69) is 11.9 Å². The molecule has 0 aliphatic carbocycles. The fraction of sp³-hybridized carbons (Fsp3) is 0.300. The Hall–Kier alpha value is -4.13. The number of aromatic nitrogens is 1. The molecule has 1 aliphatic heterocycles. The Morgan fingerprint density at radius 2 is 1.73 bits per heavy atom. The highest BCUT2D eigenvalue weighted by molar-refractivity contribution is 6.46. The summed E-state index contributed by atoms with van der Waals surface area (Å²) in [6.07, 6.45) is 6.14. The summed E-state index contributed by atoms with van der Waals surface area (Å²) in [5.74, 6) is -0.336. The molecule has 0 saturated carbocycles. The van der Waals surface area contributed by atoms with Crippen LogP contribution in [0.1, 0.15) is 55.8 Å². The van der Waals surface area contributed by atoms with Gasteiger partial charge in [-0.25, -0.2) is 0 Å². The van der Waals surface area contributed by atoms with Gasteiger partial charge in [0, 0.05) is 24.5 Å². The van der Waals surface area contributed by atoms with Gasteiger partial charge in [-0.3, -0.25) is 14.6 Å². The molecule has 2 aromatic carbocycles. The van der Waals surface area contributed by atoms with Gasteiger partial charge in [-0.05, 0) is 54.3 Å². The molecule has 1 atom stereocenters. The van der Waals surface area contributed by atoms with Crippen LogP contribution in [0, 0.1) is 0 Å². The van der Waals surface area contributed by atoms with E-state index in [0.717, 1.165) is 24.8 Å². The third kappa shape index (κ3) is 6.00. The monoisotopic (exact) mass is 500 g/mol. The highest BCUT2D eigenvalue weighted by atomic mass is 16.5. The number of aliphatic hydroxyl groups is 1. The second-order valence-corrected chi connectivity index (χ2v) is 8.94. The van der Waals surface area contributed by atoms with Crippen molar-refractivity contribution in [3.63, 3.8) is 0 Å². The van der Waals surface area contributed by atoms with Gasteiger partial charge in [0.2, 0.25) is 0 Å². The third-order valence-electron chi connectivity index (χ3n) is 6.16. The van der Waals surface area contributed by atoms with Gasteiger partial charge < -0.3 is 19.5 Å². The third-order valence-corrected chi connectivity index (χ3v) is 6.16. The average Bonchev–Trinajstić information content (AvgIpc) is 3.17. The van der Waals surface area contributed by atoms with Gasteiger partial charge in [0.15, 0.2) is 0 Å². The van der Waals surface area contributed by atoms with Crippen LogP contribution in [0.25, 0.3) is 5.76 Å². The number of carbonyl (C=O) groups excluding carboxylic acids is 2. The number of benzene rings is 2. The molecule has 7 nitrogen and oxygen atoms in total. The van der Waals surface area contributed by atoms with Gasteiger partial charge >= 0.3 is 0 Å². The summed E-state index contributed by atoms with van der Waals surface area (Å²) >= 11 is 0. The van der Waals surface area contributed by atoms with Crippen molar-refractivity contribution in [3.05, 3.63) is 95.3 Å². The second-order valence-electron chi connectivity index (χ2n) is 8.94. The first kappa shape index (κ1) is 25.9. The molecular weight excluding hydrogens is 468 g/mol. The van der Waals surface area contributed by atoms with E-state index in [1.165, 1.54) is 4.90 Å². The quantitative estimate of drug-likeness (QED) is 0.158. The lowest BCUT2D eigenvalue weighted by Gasteiger charge is -2.25. The molecule has 7 heteroatoms. The lowest BCUT2D eigenvalue weighted by molar-refractivity contribution is -0.140. The van der Waals surface area contributed by atoms with Crippen LogP contribution >= 0.6 is 0 Å². The fourth-order valence-electron chi connectivity index (χ4n) is 4.27. The summed E-state index contributed by atoms with van der Waals surface area (Å²) < 4.78 is 11.5. The SMILES string of the molecule is CCCCOc1ccc(C2C(=C(O)c3cccc(OCCC)c3)C(=O)C(=O)N2Cc2cccnc2)cc1. The lowest BCUT2D eigenvalue weighted by atomic mass is 9.95. The maximum Gasteiger partial charge on any atom is 0.295 e. The predicted octanol–water partition coefficient (Wildman–Crippen LogP) is 5.67. The molecule has 0 bridgehead atoms. The number of likely N-dealkylation sites (tertiary alicyclic amines) is 1. The molecule has 1 unspecified atom stereocenters. The van der Waals surface area contributed by atoms with E-state index >= 15 is 0 Å². The van der Waals surface area contributed by atoms with E-state index in [1.54, 1.807) is 42.7 Å². The number of rotatable bonds is 11. The van der Waals surface area contributed by atoms with Crippen molar-refractivity contribution in [2.24, 2.45) is 0 Å². The summed E-state index contributed by atoms with van der Waals surface area (Å²) in [6.45, 7) is 5.43. The van der Waals surface area contributed by atoms with Gasteiger partial charge in [-0.2, -0.15) is 0 Å². The van der Waals surface area contributed by atoms with E-state index < -0.39 is 17.7 Å². The van der Waals surface area contributed by atoms with E-state index in [9.17, 15) is 14.7 Å². The van der Waals surface area contributed by atoms with Crippen LogP contribution in [-0.4, -0.2) is 39.9 Å². The molecule has 0 spiro atoms. The molecule has 1 N–H and O–H groups in total. The first-order valence-corrected chi connectivity index (χ1v) is 12.7. The number of ketones is 1. The fourth-order valence-corrected chi connectivity index (χ4v) is 4.27. The minimum Gasteiger partial charge on any atom is -0.507 e. The van der Waals surface area contributed by atoms with Crippen LogP contribution in [0.4, 0.5) is 0 Å². The molecule has 4 rings (SSSR count). The molecular formula is C30H32N2O5. The number of nitrogens with zero attached hydrogens (tertiary/aromatic N) is 2. The lowest BCUT2D eigenvalue weighted by Crippen LogP contribution is -2.29. The van der Waals surface area contributed by atoms with Gasteiger partial charge in [0.25, 0.3) is 11.7 Å². The zero-order valence-corrected chi connectivity index (χ0v) is 21.2. The largest absolute Gasteiger partial charge is 0.507 e. The number of pyridine rings is 1. The Morgan fingerprint density at radius 1 is 0.946 bits per heavy atom. The molecule has 3 aromatic rings. The van der Waals surface area contributed by atoms with Gasteiger partial charge in [0.05, 0.1) is 24.8 Å². The van der Waals surface area contributed by atoms with Crippen LogP contribution in [0.3, 0.4) is 0 Å². The number of Topliss-reactive ketones (excluding diaryl/α,β-unsaturated/α-hetero) is 1. The molecule has 1 fully saturated rings. The standard InChI is InChI=1S/C30H32N2O5/c1-3-5-17-37-24-13-11-22(12-14-24)27-26(28(33)23-9-6-10-25(18-23)36-16-4-2)29(34)30(35)32(27)20-21-8-7-15-31-19-21/h6-15,18-19,27,33H,3-5,16-17,20H2,1-2H3. The zero-order chi connectivity index (χ0) is 26.2. The Labute approximate surface area is 217 Å². The summed E-state index contributed by atoms with van der Waals surface area (Å²) in [5, 5.41) is 11.4. The number of unbranched alkanes of at least 4 members (excludes halogenated alkanes) is 1. The van der Waals surface area contributed by atoms with E-state index in [0.29, 0.717) is 35.8 Å². The van der Waals surface area contributed by atoms with E-state index in [1.807, 2.05) is 37.3 Å². The Morgan fingerprint density at radius 3 is 2.43 bits per heavy atom. The number of hydrogen-bond acceptors (Lipinski definition) is 6. The second kappa shape index (κ2) is 12.2. The van der Waals surface area contributed by atoms with Crippen molar-refractivity contribution < 1.29 is 24.2 Å². The summed E-state index contributed by atoms with van der Waals surface area (Å²) in [6, 6.07) is 17.1. The molecule has 2 heterocycles. The van der Waals surface area contributed by atoms with Crippen LogP contribution in [-0.2, 0) is 16.1 Å². The average molecular weight is 501 g/mol. The van der Waals surface area contributed by atoms with Crippen LogP contribution in [0.15, 0.2) is 78.6 Å². The highest BCUT2D eigenvalue weighted by Gasteiger charge is 2.46. The smallest absolute Gasteiger partial charge is 0.295 e. The van der Waals surface area contributed by atoms with Crippen LogP contribution < -0.4 is 9.47 Å². The van der Waals surface area contributed by atoms with Crippen molar-refractivity contribution >= 4 is 17.4 Å². The molecule has 1 amide bonds. The minimum atomic E-state index is -0.773. The summed E-state index contributed by atoms with van der Waals surface area (Å²) in [4.78, 5) is 32.2. The molecule has 0 radical (unpaired) electrons. The number of aliphatic hydroxyl groups excluding tert-OH is 1. The first-order valence-electron chi connectivity index (χ1n) is 12.7. The van der Waals surface area contributed by atoms with Gasteiger partial charge in [-0.1, -0.05) is 50.6 Å². The maximum atomic E-state index is 13.3. The molecule has 37 heavy (non-hydrogen) atoms. The maximum absolute atomic E-state index is 13.3. The number of carbonyl (C=O) groups is 2. The highest BCUT2D eigenvalue weighted by Crippen LogP contribution is 2.41. The van der Waals surface area contributed by atoms with Crippen molar-refractivity contribution in [1.29, 1.82) is 0 Å². The molecule has 1 aliphatic rings. The summed E-state index contributed by atoms with van der Waals surface area (Å²) in [5.41, 5.74) is 1.94. The molecule has 192 valence electrons. The Balaban J connectivity index is 1.75. The predicted molar refractivity (Wildman–Crippen MR) is 141 cm³/mol. The Bertz CT molecular complexity index is 1250. The first-order chi connectivity index (χ1) is 18.0. The molecule has 1 saturated heterocycles. The van der Waals surface area contributed by atoms with Crippen molar-refractivity contribution in [3.8, 4) is 11.5 Å². The van der Waals surface area contributed by atoms with Crippen molar-refractivity contribution in [1.82, 2.24) is 9.88 Å². The zero-order valence-electron chi connectivity index (χ0n) is 21.2. The van der Waals surface area contributed by atoms with E-state index in [-0.39, 0.29) is 17.9 Å². The van der Waals surface area contributed by atoms with Crippen LogP contribution in [0.2, 0.25) is 0 Å². The number of amides is 1. The summed E-state index contributed by atoms with van der Waals surface area (Å²) in [7, 11) is 0. The van der Waals surface area contributed by atoms with Gasteiger partial charge in [0.1, 0.15) is 17.3 Å². The van der Waals surface area contributed by atoms with Crippen molar-refractivity contribution in [2.75, 3.05) is 13.2 Å². The molecule has 1 aromatic heterocycles. The minimum absolute atomic E-state index is 0.0428. The van der Waals surface area contributed by atoms with Gasteiger partial charge in [-0.15, -0.1) is 0 Å². The van der Waals surface area contributed by atoms with E-state index in [4.69, 9.17) is 9.47 Å². The number of ether oxygens (including phenoxy) is 2. The number of hydrogen-bond donors (Lipinski definition) is 1. The Kier molecular flexibility index (Phi) is 8.56.